The summed E-state index contributed by atoms with van der Waals surface area (Å²) < 4.78 is 0. The average Bonchev–Trinajstić information content (AvgIpc) is 3.02. The number of rotatable bonds is 3. The predicted molar refractivity (Wildman–Crippen MR) is 94.5 cm³/mol. The van der Waals surface area contributed by atoms with E-state index < -0.39 is 0 Å². The van der Waals surface area contributed by atoms with Crippen LogP contribution in [0.15, 0.2) is 48.7 Å². The number of piperidine rings is 1. The zero-order valence-electron chi connectivity index (χ0n) is 13.3. The van der Waals surface area contributed by atoms with Crippen molar-refractivity contribution in [1.29, 1.82) is 0 Å². The molecular formula is C20H22N2O. The third kappa shape index (κ3) is 2.73. The molecule has 1 aliphatic heterocycles. The first-order chi connectivity index (χ1) is 11.3. The molecule has 3 nitrogen and oxygen atoms in total. The SMILES string of the molecule is Oc1cccc(-c2c[nH]c3ccccc23)c1CN1CCCCC1. The fraction of sp³-hybridized carbons (Fsp3) is 0.300. The van der Waals surface area contributed by atoms with E-state index in [0.29, 0.717) is 5.75 Å². The summed E-state index contributed by atoms with van der Waals surface area (Å²) in [6, 6.07) is 14.2. The van der Waals surface area contributed by atoms with Crippen LogP contribution in [0.3, 0.4) is 0 Å². The maximum absolute atomic E-state index is 10.5. The van der Waals surface area contributed by atoms with Gasteiger partial charge in [-0.15, -0.1) is 0 Å². The zero-order chi connectivity index (χ0) is 15.6. The normalized spacial score (nSPS) is 16.0. The van der Waals surface area contributed by atoms with Crippen LogP contribution in [-0.2, 0) is 6.54 Å². The maximum atomic E-state index is 10.5. The van der Waals surface area contributed by atoms with Crippen molar-refractivity contribution < 1.29 is 5.11 Å². The van der Waals surface area contributed by atoms with Crippen molar-refractivity contribution in [1.82, 2.24) is 9.88 Å². The van der Waals surface area contributed by atoms with Gasteiger partial charge in [0, 0.05) is 34.8 Å². The van der Waals surface area contributed by atoms with Crippen molar-refractivity contribution >= 4 is 10.9 Å². The van der Waals surface area contributed by atoms with E-state index in [4.69, 9.17) is 0 Å². The van der Waals surface area contributed by atoms with Gasteiger partial charge in [-0.3, -0.25) is 4.90 Å². The summed E-state index contributed by atoms with van der Waals surface area (Å²) in [5, 5.41) is 11.7. The van der Waals surface area contributed by atoms with E-state index in [1.165, 1.54) is 30.2 Å². The molecule has 0 amide bonds. The van der Waals surface area contributed by atoms with E-state index in [-0.39, 0.29) is 0 Å². The number of hydrogen-bond donors (Lipinski definition) is 2. The highest BCUT2D eigenvalue weighted by Gasteiger charge is 2.17. The lowest BCUT2D eigenvalue weighted by atomic mass is 9.97. The molecule has 1 saturated heterocycles. The summed E-state index contributed by atoms with van der Waals surface area (Å²) in [6.07, 6.45) is 5.90. The third-order valence-electron chi connectivity index (χ3n) is 4.86. The molecule has 0 atom stereocenters. The number of aromatic amines is 1. The van der Waals surface area contributed by atoms with E-state index in [1.807, 2.05) is 12.1 Å². The number of hydrogen-bond acceptors (Lipinski definition) is 2. The summed E-state index contributed by atoms with van der Waals surface area (Å²) in [6.45, 7) is 3.07. The van der Waals surface area contributed by atoms with Crippen LogP contribution in [0.5, 0.6) is 5.75 Å². The van der Waals surface area contributed by atoms with E-state index in [9.17, 15) is 5.11 Å². The molecule has 0 radical (unpaired) electrons. The lowest BCUT2D eigenvalue weighted by molar-refractivity contribution is 0.219. The number of phenolic OH excluding ortho intramolecular Hbond substituents is 1. The van der Waals surface area contributed by atoms with Crippen LogP contribution in [0.4, 0.5) is 0 Å². The Morgan fingerprint density at radius 1 is 0.913 bits per heavy atom. The number of fused-ring (bicyclic) bond motifs is 1. The smallest absolute Gasteiger partial charge is 0.120 e. The Labute approximate surface area is 136 Å². The molecule has 1 aromatic heterocycles. The van der Waals surface area contributed by atoms with Crippen molar-refractivity contribution in [2.75, 3.05) is 13.1 Å². The van der Waals surface area contributed by atoms with E-state index >= 15 is 0 Å². The van der Waals surface area contributed by atoms with Gasteiger partial charge in [-0.1, -0.05) is 36.8 Å². The van der Waals surface area contributed by atoms with Gasteiger partial charge in [-0.25, -0.2) is 0 Å². The number of H-pyrrole nitrogens is 1. The Morgan fingerprint density at radius 2 is 1.74 bits per heavy atom. The first-order valence-corrected chi connectivity index (χ1v) is 8.42. The largest absolute Gasteiger partial charge is 0.508 e. The molecule has 2 N–H and O–H groups in total. The van der Waals surface area contributed by atoms with Gasteiger partial charge in [0.25, 0.3) is 0 Å². The van der Waals surface area contributed by atoms with Crippen LogP contribution in [0.1, 0.15) is 24.8 Å². The second-order valence-electron chi connectivity index (χ2n) is 6.39. The molecule has 4 rings (SSSR count). The molecule has 1 fully saturated rings. The number of benzene rings is 2. The fourth-order valence-electron chi connectivity index (χ4n) is 3.63. The second-order valence-corrected chi connectivity index (χ2v) is 6.39. The van der Waals surface area contributed by atoms with Crippen LogP contribution in [0, 0.1) is 0 Å². The standard InChI is InChI=1S/C20H22N2O/c23-20-10-6-8-15(18(20)14-22-11-4-1-5-12-22)17-13-21-19-9-3-2-7-16(17)19/h2-3,6-10,13,21,23H,1,4-5,11-12,14H2. The van der Waals surface area contributed by atoms with Crippen LogP contribution < -0.4 is 0 Å². The molecule has 0 saturated carbocycles. The number of para-hydroxylation sites is 1. The Morgan fingerprint density at radius 3 is 2.61 bits per heavy atom. The average molecular weight is 306 g/mol. The van der Waals surface area contributed by atoms with E-state index in [2.05, 4.69) is 40.3 Å². The fourth-order valence-corrected chi connectivity index (χ4v) is 3.63. The summed E-state index contributed by atoms with van der Waals surface area (Å²) in [7, 11) is 0. The summed E-state index contributed by atoms with van der Waals surface area (Å²) in [5.41, 5.74) is 4.48. The minimum atomic E-state index is 0.401. The molecule has 1 aliphatic rings. The van der Waals surface area contributed by atoms with E-state index in [0.717, 1.165) is 36.3 Å². The molecule has 0 bridgehead atoms. The lowest BCUT2D eigenvalue weighted by Crippen LogP contribution is -2.29. The van der Waals surface area contributed by atoms with Crippen molar-refractivity contribution in [3.8, 4) is 16.9 Å². The van der Waals surface area contributed by atoms with Gasteiger partial charge in [0.2, 0.25) is 0 Å². The first-order valence-electron chi connectivity index (χ1n) is 8.42. The number of nitrogens with one attached hydrogen (secondary N) is 1. The Bertz CT molecular complexity index is 815. The summed E-state index contributed by atoms with van der Waals surface area (Å²) >= 11 is 0. The van der Waals surface area contributed by atoms with Crippen molar-refractivity contribution in [3.05, 3.63) is 54.2 Å². The van der Waals surface area contributed by atoms with Gasteiger partial charge in [-0.05, 0) is 43.6 Å². The van der Waals surface area contributed by atoms with Crippen LogP contribution in [0.2, 0.25) is 0 Å². The highest BCUT2D eigenvalue weighted by molar-refractivity contribution is 5.96. The minimum absolute atomic E-state index is 0.401. The molecular weight excluding hydrogens is 284 g/mol. The molecule has 0 spiro atoms. The highest BCUT2D eigenvalue weighted by Crippen LogP contribution is 2.35. The van der Waals surface area contributed by atoms with Crippen LogP contribution >= 0.6 is 0 Å². The number of nitrogens with zero attached hydrogens (tertiary/aromatic N) is 1. The van der Waals surface area contributed by atoms with Gasteiger partial charge < -0.3 is 10.1 Å². The molecule has 2 aromatic carbocycles. The van der Waals surface area contributed by atoms with Crippen molar-refractivity contribution in [2.24, 2.45) is 0 Å². The number of aromatic nitrogens is 1. The molecule has 3 aromatic rings. The minimum Gasteiger partial charge on any atom is -0.508 e. The van der Waals surface area contributed by atoms with Gasteiger partial charge in [0.05, 0.1) is 0 Å². The summed E-state index contributed by atoms with van der Waals surface area (Å²) in [5.74, 6) is 0.401. The maximum Gasteiger partial charge on any atom is 0.120 e. The number of phenols is 1. The topological polar surface area (TPSA) is 39.3 Å². The van der Waals surface area contributed by atoms with Gasteiger partial charge in [0.1, 0.15) is 5.75 Å². The van der Waals surface area contributed by atoms with Gasteiger partial charge in [-0.2, -0.15) is 0 Å². The zero-order valence-corrected chi connectivity index (χ0v) is 13.3. The quantitative estimate of drug-likeness (QED) is 0.746. The number of likely N-dealkylation sites (tertiary alicyclic amines) is 1. The predicted octanol–water partition coefficient (Wildman–Crippen LogP) is 4.53. The number of aromatic hydroxyl groups is 1. The molecule has 2 heterocycles. The van der Waals surface area contributed by atoms with Crippen molar-refractivity contribution in [3.63, 3.8) is 0 Å². The summed E-state index contributed by atoms with van der Waals surface area (Å²) in [4.78, 5) is 5.80. The van der Waals surface area contributed by atoms with Gasteiger partial charge in [0.15, 0.2) is 0 Å². The Hall–Kier alpha value is -2.26. The Balaban J connectivity index is 1.77. The highest BCUT2D eigenvalue weighted by atomic mass is 16.3. The second kappa shape index (κ2) is 6.09. The molecule has 3 heteroatoms. The van der Waals surface area contributed by atoms with Crippen LogP contribution in [-0.4, -0.2) is 28.1 Å². The molecule has 0 unspecified atom stereocenters. The van der Waals surface area contributed by atoms with Crippen LogP contribution in [0.25, 0.3) is 22.0 Å². The lowest BCUT2D eigenvalue weighted by Gasteiger charge is -2.27. The van der Waals surface area contributed by atoms with E-state index in [1.54, 1.807) is 6.07 Å². The third-order valence-corrected chi connectivity index (χ3v) is 4.86. The molecule has 118 valence electrons. The molecule has 0 aliphatic carbocycles. The monoisotopic (exact) mass is 306 g/mol. The van der Waals surface area contributed by atoms with Gasteiger partial charge >= 0.3 is 0 Å². The first kappa shape index (κ1) is 14.3. The Kier molecular flexibility index (Phi) is 3.80. The molecule has 23 heavy (non-hydrogen) atoms. The van der Waals surface area contributed by atoms with Crippen molar-refractivity contribution in [2.45, 2.75) is 25.8 Å².